The molecule has 0 spiro atoms. The summed E-state index contributed by atoms with van der Waals surface area (Å²) in [5.74, 6) is -0.848. The Labute approximate surface area is 112 Å². The lowest BCUT2D eigenvalue weighted by Crippen LogP contribution is -2.41. The van der Waals surface area contributed by atoms with Crippen LogP contribution < -0.4 is 5.32 Å². The van der Waals surface area contributed by atoms with Crippen LogP contribution in [0.2, 0.25) is 0 Å². The highest BCUT2D eigenvalue weighted by Crippen LogP contribution is 2.28. The molecule has 0 amide bonds. The molecule has 0 heterocycles. The molecule has 0 bridgehead atoms. The summed E-state index contributed by atoms with van der Waals surface area (Å²) in [5, 5.41) is 12.6. The maximum Gasteiger partial charge on any atom is 0.130 e. The molecule has 3 atom stereocenters. The summed E-state index contributed by atoms with van der Waals surface area (Å²) in [5.41, 5.74) is 0.0877. The third-order valence-corrected chi connectivity index (χ3v) is 4.04. The van der Waals surface area contributed by atoms with E-state index in [2.05, 4.69) is 5.32 Å². The summed E-state index contributed by atoms with van der Waals surface area (Å²) < 4.78 is 27.4. The second kappa shape index (κ2) is 6.44. The van der Waals surface area contributed by atoms with E-state index in [0.717, 1.165) is 25.7 Å². The van der Waals surface area contributed by atoms with Crippen LogP contribution in [0, 0.1) is 17.6 Å². The summed E-state index contributed by atoms with van der Waals surface area (Å²) in [6.07, 6.45) is 4.14. The van der Waals surface area contributed by atoms with Gasteiger partial charge in [0.05, 0.1) is 0 Å². The van der Waals surface area contributed by atoms with Crippen molar-refractivity contribution in [1.29, 1.82) is 0 Å². The van der Waals surface area contributed by atoms with Gasteiger partial charge in [-0.15, -0.1) is 0 Å². The fourth-order valence-corrected chi connectivity index (χ4v) is 2.97. The Morgan fingerprint density at radius 1 is 1.26 bits per heavy atom. The minimum absolute atomic E-state index is 0.0877. The van der Waals surface area contributed by atoms with Crippen molar-refractivity contribution in [1.82, 2.24) is 5.32 Å². The highest BCUT2D eigenvalue weighted by atomic mass is 19.1. The number of hydrogen-bond donors (Lipinski definition) is 2. The SMILES string of the molecule is CC(NC1CCCCC1CO)c1c(F)cccc1F. The molecule has 1 aliphatic carbocycles. The second-order valence-corrected chi connectivity index (χ2v) is 5.36. The van der Waals surface area contributed by atoms with E-state index in [1.165, 1.54) is 18.2 Å². The molecule has 19 heavy (non-hydrogen) atoms. The Bertz CT molecular complexity index is 404. The molecular weight excluding hydrogens is 248 g/mol. The van der Waals surface area contributed by atoms with Gasteiger partial charge in [0.25, 0.3) is 0 Å². The van der Waals surface area contributed by atoms with Crippen LogP contribution in [0.4, 0.5) is 8.78 Å². The zero-order valence-electron chi connectivity index (χ0n) is 11.2. The van der Waals surface area contributed by atoms with Gasteiger partial charge in [-0.2, -0.15) is 0 Å². The second-order valence-electron chi connectivity index (χ2n) is 5.36. The van der Waals surface area contributed by atoms with E-state index >= 15 is 0 Å². The molecule has 1 aliphatic rings. The van der Waals surface area contributed by atoms with Gasteiger partial charge in [0.1, 0.15) is 11.6 Å². The van der Waals surface area contributed by atoms with Crippen LogP contribution in [0.5, 0.6) is 0 Å². The molecule has 0 aliphatic heterocycles. The zero-order valence-corrected chi connectivity index (χ0v) is 11.2. The number of halogens is 2. The molecule has 0 saturated heterocycles. The molecule has 106 valence electrons. The third-order valence-electron chi connectivity index (χ3n) is 4.04. The van der Waals surface area contributed by atoms with Gasteiger partial charge < -0.3 is 10.4 Å². The first-order valence-electron chi connectivity index (χ1n) is 6.94. The van der Waals surface area contributed by atoms with E-state index in [0.29, 0.717) is 0 Å². The molecule has 2 rings (SSSR count). The van der Waals surface area contributed by atoms with E-state index in [1.54, 1.807) is 6.92 Å². The fraction of sp³-hybridized carbons (Fsp3) is 0.600. The largest absolute Gasteiger partial charge is 0.396 e. The Morgan fingerprint density at radius 3 is 2.53 bits per heavy atom. The minimum Gasteiger partial charge on any atom is -0.396 e. The minimum atomic E-state index is -0.517. The van der Waals surface area contributed by atoms with Crippen molar-refractivity contribution in [2.24, 2.45) is 5.92 Å². The van der Waals surface area contributed by atoms with Crippen molar-refractivity contribution < 1.29 is 13.9 Å². The smallest absolute Gasteiger partial charge is 0.130 e. The maximum absolute atomic E-state index is 13.7. The normalized spacial score (nSPS) is 25.3. The van der Waals surface area contributed by atoms with Crippen molar-refractivity contribution in [3.8, 4) is 0 Å². The number of rotatable bonds is 4. The third kappa shape index (κ3) is 3.31. The predicted molar refractivity (Wildman–Crippen MR) is 70.7 cm³/mol. The summed E-state index contributed by atoms with van der Waals surface area (Å²) in [6.45, 7) is 1.90. The first kappa shape index (κ1) is 14.4. The number of nitrogens with one attached hydrogen (secondary N) is 1. The zero-order chi connectivity index (χ0) is 13.8. The molecule has 1 fully saturated rings. The van der Waals surface area contributed by atoms with Crippen LogP contribution in [-0.4, -0.2) is 17.8 Å². The highest BCUT2D eigenvalue weighted by molar-refractivity contribution is 5.23. The lowest BCUT2D eigenvalue weighted by Gasteiger charge is -2.33. The molecule has 2 N–H and O–H groups in total. The molecule has 4 heteroatoms. The lowest BCUT2D eigenvalue weighted by molar-refractivity contribution is 0.146. The summed E-state index contributed by atoms with van der Waals surface area (Å²) in [6, 6.07) is 3.67. The molecule has 0 radical (unpaired) electrons. The van der Waals surface area contributed by atoms with Gasteiger partial charge in [-0.3, -0.25) is 0 Å². The first-order chi connectivity index (χ1) is 9.13. The standard InChI is InChI=1S/C15H21F2NO/c1-10(15-12(16)6-4-7-13(15)17)18-14-8-3-2-5-11(14)9-19/h4,6-7,10-11,14,18-19H,2-3,5,8-9H2,1H3. The van der Waals surface area contributed by atoms with Gasteiger partial charge >= 0.3 is 0 Å². The predicted octanol–water partition coefficient (Wildman–Crippen LogP) is 3.17. The molecule has 1 aromatic carbocycles. The van der Waals surface area contributed by atoms with Gasteiger partial charge in [0.15, 0.2) is 0 Å². The monoisotopic (exact) mass is 269 g/mol. The molecule has 3 unspecified atom stereocenters. The summed E-state index contributed by atoms with van der Waals surface area (Å²) in [7, 11) is 0. The van der Waals surface area contributed by atoms with E-state index in [4.69, 9.17) is 0 Å². The Morgan fingerprint density at radius 2 is 1.89 bits per heavy atom. The quantitative estimate of drug-likeness (QED) is 0.880. The Balaban J connectivity index is 2.09. The van der Waals surface area contributed by atoms with Crippen molar-refractivity contribution >= 4 is 0 Å². The van der Waals surface area contributed by atoms with Crippen molar-refractivity contribution in [2.75, 3.05) is 6.61 Å². The molecular formula is C15H21F2NO. The van der Waals surface area contributed by atoms with Crippen LogP contribution in [0.15, 0.2) is 18.2 Å². The Hall–Kier alpha value is -1.00. The van der Waals surface area contributed by atoms with Crippen LogP contribution >= 0.6 is 0 Å². The number of hydrogen-bond acceptors (Lipinski definition) is 2. The van der Waals surface area contributed by atoms with Crippen LogP contribution in [0.1, 0.15) is 44.2 Å². The van der Waals surface area contributed by atoms with Crippen molar-refractivity contribution in [3.05, 3.63) is 35.4 Å². The van der Waals surface area contributed by atoms with Gasteiger partial charge in [0.2, 0.25) is 0 Å². The van der Waals surface area contributed by atoms with E-state index in [-0.39, 0.29) is 24.1 Å². The van der Waals surface area contributed by atoms with E-state index in [1.807, 2.05) is 0 Å². The van der Waals surface area contributed by atoms with Gasteiger partial charge in [0, 0.05) is 24.3 Å². The lowest BCUT2D eigenvalue weighted by atomic mass is 9.84. The summed E-state index contributed by atoms with van der Waals surface area (Å²) >= 11 is 0. The molecule has 0 aromatic heterocycles. The molecule has 1 saturated carbocycles. The highest BCUT2D eigenvalue weighted by Gasteiger charge is 2.27. The molecule has 1 aromatic rings. The Kier molecular flexibility index (Phi) is 4.88. The number of benzene rings is 1. The van der Waals surface area contributed by atoms with Crippen LogP contribution in [0.3, 0.4) is 0 Å². The van der Waals surface area contributed by atoms with E-state index in [9.17, 15) is 13.9 Å². The van der Waals surface area contributed by atoms with Crippen molar-refractivity contribution in [3.63, 3.8) is 0 Å². The van der Waals surface area contributed by atoms with E-state index < -0.39 is 17.7 Å². The van der Waals surface area contributed by atoms with Gasteiger partial charge in [-0.1, -0.05) is 18.9 Å². The summed E-state index contributed by atoms with van der Waals surface area (Å²) in [4.78, 5) is 0. The number of aliphatic hydroxyl groups excluding tert-OH is 1. The van der Waals surface area contributed by atoms with Crippen molar-refractivity contribution in [2.45, 2.75) is 44.7 Å². The number of aliphatic hydroxyl groups is 1. The van der Waals surface area contributed by atoms with Crippen LogP contribution in [0.25, 0.3) is 0 Å². The average Bonchev–Trinajstić information content (AvgIpc) is 2.39. The van der Waals surface area contributed by atoms with Gasteiger partial charge in [-0.25, -0.2) is 8.78 Å². The average molecular weight is 269 g/mol. The fourth-order valence-electron chi connectivity index (χ4n) is 2.97. The van der Waals surface area contributed by atoms with Crippen LogP contribution in [-0.2, 0) is 0 Å². The topological polar surface area (TPSA) is 32.3 Å². The first-order valence-corrected chi connectivity index (χ1v) is 6.94. The maximum atomic E-state index is 13.7. The van der Waals surface area contributed by atoms with Gasteiger partial charge in [-0.05, 0) is 37.8 Å². The molecule has 2 nitrogen and oxygen atoms in total.